The topological polar surface area (TPSA) is 46.5 Å². The van der Waals surface area contributed by atoms with Crippen molar-refractivity contribution in [3.8, 4) is 0 Å². The highest BCUT2D eigenvalue weighted by Gasteiger charge is 2.48. The first-order valence-electron chi connectivity index (χ1n) is 8.77. The lowest BCUT2D eigenvalue weighted by atomic mass is 9.98. The van der Waals surface area contributed by atoms with E-state index in [-0.39, 0.29) is 11.6 Å². The van der Waals surface area contributed by atoms with Crippen LogP contribution in [0.5, 0.6) is 0 Å². The second kappa shape index (κ2) is 6.77. The second-order valence-electron chi connectivity index (χ2n) is 9.64. The molecule has 3 nitrogen and oxygen atoms in total. The highest BCUT2D eigenvalue weighted by atomic mass is 28.3. The Bertz CT molecular complexity index is 372. The molecule has 1 saturated carbocycles. The van der Waals surface area contributed by atoms with E-state index in [2.05, 4.69) is 46.2 Å². The van der Waals surface area contributed by atoms with Gasteiger partial charge in [0, 0.05) is 16.1 Å². The summed E-state index contributed by atoms with van der Waals surface area (Å²) in [5.41, 5.74) is -1.59. The summed E-state index contributed by atoms with van der Waals surface area (Å²) in [5.74, 6) is -0.346. The Balaban J connectivity index is 2.97. The minimum Gasteiger partial charge on any atom is -0.457 e. The van der Waals surface area contributed by atoms with Crippen LogP contribution in [0.1, 0.15) is 39.0 Å². The average Bonchev–Trinajstić information content (AvgIpc) is 2.73. The minimum absolute atomic E-state index is 0.316. The molecule has 0 aliphatic heterocycles. The predicted octanol–water partition coefficient (Wildman–Crippen LogP) is 4.66. The molecule has 1 fully saturated rings. The monoisotopic (exact) mass is 344 g/mol. The summed E-state index contributed by atoms with van der Waals surface area (Å²) in [4.78, 5) is 12.9. The number of hydrogen-bond acceptors (Lipinski definition) is 3. The van der Waals surface area contributed by atoms with Crippen molar-refractivity contribution in [2.45, 2.75) is 102 Å². The van der Waals surface area contributed by atoms with Gasteiger partial charge in [-0.2, -0.15) is 0 Å². The van der Waals surface area contributed by atoms with Gasteiger partial charge in [0.1, 0.15) is 5.60 Å². The van der Waals surface area contributed by atoms with Crippen molar-refractivity contribution < 1.29 is 14.6 Å². The maximum atomic E-state index is 12.9. The number of rotatable bonds is 7. The van der Waals surface area contributed by atoms with E-state index in [0.29, 0.717) is 12.1 Å². The van der Waals surface area contributed by atoms with E-state index in [4.69, 9.17) is 4.74 Å². The van der Waals surface area contributed by atoms with Gasteiger partial charge < -0.3 is 9.84 Å². The molecule has 0 unspecified atom stereocenters. The van der Waals surface area contributed by atoms with Gasteiger partial charge in [0.05, 0.1) is 0 Å². The van der Waals surface area contributed by atoms with E-state index in [1.165, 1.54) is 0 Å². The SMILES string of the molecule is CCC1(OC(=O)C(O)(C[Si](C)(C)C)C[Si](C)(C)C)CCCC1. The van der Waals surface area contributed by atoms with Crippen LogP contribution in [0.4, 0.5) is 0 Å². The first-order chi connectivity index (χ1) is 9.81. The third-order valence-electron chi connectivity index (χ3n) is 4.49. The van der Waals surface area contributed by atoms with Gasteiger partial charge in [-0.1, -0.05) is 46.2 Å². The Morgan fingerprint density at radius 2 is 1.45 bits per heavy atom. The van der Waals surface area contributed by atoms with Crippen LogP contribution in [0.25, 0.3) is 0 Å². The Kier molecular flexibility index (Phi) is 6.13. The number of carbonyl (C=O) groups excluding carboxylic acids is 1. The smallest absolute Gasteiger partial charge is 0.338 e. The molecule has 0 atom stereocenters. The Labute approximate surface area is 138 Å². The van der Waals surface area contributed by atoms with Crippen LogP contribution in [0.3, 0.4) is 0 Å². The zero-order valence-corrected chi connectivity index (χ0v) is 17.7. The molecule has 0 heterocycles. The summed E-state index contributed by atoms with van der Waals surface area (Å²) in [5, 5.41) is 11.2. The average molecular weight is 345 g/mol. The maximum absolute atomic E-state index is 12.9. The normalized spacial score (nSPS) is 19.3. The van der Waals surface area contributed by atoms with Crippen molar-refractivity contribution in [3.05, 3.63) is 0 Å². The lowest BCUT2D eigenvalue weighted by molar-refractivity contribution is -0.178. The van der Waals surface area contributed by atoms with Crippen LogP contribution in [0, 0.1) is 0 Å². The first kappa shape index (κ1) is 19.9. The predicted molar refractivity (Wildman–Crippen MR) is 98.8 cm³/mol. The second-order valence-corrected chi connectivity index (χ2v) is 20.6. The molecule has 0 radical (unpaired) electrons. The molecule has 0 bridgehead atoms. The molecule has 5 heteroatoms. The van der Waals surface area contributed by atoms with Gasteiger partial charge in [-0.25, -0.2) is 4.79 Å². The third kappa shape index (κ3) is 5.82. The molecule has 1 aliphatic carbocycles. The molecule has 0 aromatic rings. The molecule has 0 aromatic heterocycles. The van der Waals surface area contributed by atoms with Gasteiger partial charge in [-0.05, 0) is 44.2 Å². The van der Waals surface area contributed by atoms with Crippen LogP contribution >= 0.6 is 0 Å². The first-order valence-corrected chi connectivity index (χ1v) is 16.2. The van der Waals surface area contributed by atoms with Crippen molar-refractivity contribution in [3.63, 3.8) is 0 Å². The Morgan fingerprint density at radius 3 is 1.77 bits per heavy atom. The fourth-order valence-corrected chi connectivity index (χ4v) is 8.10. The van der Waals surface area contributed by atoms with Crippen molar-refractivity contribution in [1.29, 1.82) is 0 Å². The van der Waals surface area contributed by atoms with E-state index < -0.39 is 21.7 Å². The zero-order valence-electron chi connectivity index (χ0n) is 15.7. The fraction of sp³-hybridized carbons (Fsp3) is 0.941. The summed E-state index contributed by atoms with van der Waals surface area (Å²) in [7, 11) is -3.15. The molecule has 130 valence electrons. The molecule has 0 aromatic carbocycles. The van der Waals surface area contributed by atoms with Crippen LogP contribution in [-0.4, -0.2) is 38.4 Å². The van der Waals surface area contributed by atoms with E-state index in [1.807, 2.05) is 0 Å². The van der Waals surface area contributed by atoms with E-state index >= 15 is 0 Å². The third-order valence-corrected chi connectivity index (χ3v) is 7.78. The van der Waals surface area contributed by atoms with Crippen molar-refractivity contribution in [1.82, 2.24) is 0 Å². The number of aliphatic hydroxyl groups is 1. The largest absolute Gasteiger partial charge is 0.457 e. The Morgan fingerprint density at radius 1 is 1.05 bits per heavy atom. The van der Waals surface area contributed by atoms with Crippen molar-refractivity contribution in [2.24, 2.45) is 0 Å². The minimum atomic E-state index is -1.57. The Hall–Kier alpha value is -0.136. The molecular formula is C17H36O3Si2. The van der Waals surface area contributed by atoms with Crippen LogP contribution in [-0.2, 0) is 9.53 Å². The van der Waals surface area contributed by atoms with Crippen LogP contribution in [0.15, 0.2) is 0 Å². The summed E-state index contributed by atoms with van der Waals surface area (Å²) >= 11 is 0. The number of ether oxygens (including phenoxy) is 1. The van der Waals surface area contributed by atoms with E-state index in [0.717, 1.165) is 32.1 Å². The maximum Gasteiger partial charge on any atom is 0.338 e. The fourth-order valence-electron chi connectivity index (χ4n) is 3.80. The van der Waals surface area contributed by atoms with Gasteiger partial charge in [-0.15, -0.1) is 0 Å². The lowest BCUT2D eigenvalue weighted by Crippen LogP contribution is -2.52. The lowest BCUT2D eigenvalue weighted by Gasteiger charge is -2.38. The summed E-state index contributed by atoms with van der Waals surface area (Å²) in [6, 6.07) is 1.20. The van der Waals surface area contributed by atoms with Gasteiger partial charge in [0.15, 0.2) is 5.60 Å². The zero-order chi connectivity index (χ0) is 17.2. The highest BCUT2D eigenvalue weighted by Crippen LogP contribution is 2.39. The standard InChI is InChI=1S/C17H36O3Si2/c1-8-16(11-9-10-12-16)20-15(18)17(19,13-21(2,3)4)14-22(5,6)7/h19H,8-14H2,1-7H3. The molecule has 0 spiro atoms. The van der Waals surface area contributed by atoms with Crippen LogP contribution < -0.4 is 0 Å². The number of esters is 1. The molecule has 0 saturated heterocycles. The number of hydrogen-bond donors (Lipinski definition) is 1. The van der Waals surface area contributed by atoms with Gasteiger partial charge in [-0.3, -0.25) is 0 Å². The summed E-state index contributed by atoms with van der Waals surface area (Å²) in [6.45, 7) is 15.3. The van der Waals surface area contributed by atoms with Gasteiger partial charge >= 0.3 is 5.97 Å². The van der Waals surface area contributed by atoms with Gasteiger partial charge in [0.2, 0.25) is 0 Å². The molecule has 22 heavy (non-hydrogen) atoms. The molecule has 1 aliphatic rings. The molecular weight excluding hydrogens is 308 g/mol. The van der Waals surface area contributed by atoms with Crippen LogP contribution in [0.2, 0.25) is 51.4 Å². The van der Waals surface area contributed by atoms with Crippen molar-refractivity contribution in [2.75, 3.05) is 0 Å². The number of carbonyl (C=O) groups is 1. The molecule has 1 N–H and O–H groups in total. The molecule has 1 rings (SSSR count). The summed E-state index contributed by atoms with van der Waals surface area (Å²) < 4.78 is 5.96. The highest BCUT2D eigenvalue weighted by molar-refractivity contribution is 6.78. The molecule has 0 amide bonds. The van der Waals surface area contributed by atoms with E-state index in [9.17, 15) is 9.90 Å². The van der Waals surface area contributed by atoms with E-state index in [1.54, 1.807) is 0 Å². The summed E-state index contributed by atoms with van der Waals surface area (Å²) in [6.07, 6.45) is 5.01. The van der Waals surface area contributed by atoms with Crippen molar-refractivity contribution >= 4 is 22.1 Å². The van der Waals surface area contributed by atoms with Gasteiger partial charge in [0.25, 0.3) is 0 Å². The quantitative estimate of drug-likeness (QED) is 0.539.